The highest BCUT2D eigenvalue weighted by molar-refractivity contribution is 6.33. The Morgan fingerprint density at radius 3 is 2.58 bits per heavy atom. The predicted molar refractivity (Wildman–Crippen MR) is 51.3 cm³/mol. The molecule has 0 fully saturated rings. The van der Waals surface area contributed by atoms with Crippen molar-refractivity contribution in [1.82, 2.24) is 0 Å². The Kier molecular flexibility index (Phi) is 3.80. The van der Waals surface area contributed by atoms with Crippen molar-refractivity contribution < 1.29 is 4.79 Å². The summed E-state index contributed by atoms with van der Waals surface area (Å²) in [4.78, 5) is 11.2. The Balaban J connectivity index is 2.39. The number of carbonyl (C=O) groups excluding carboxylic acids is 1. The molecule has 0 N–H and O–H groups in total. The molecule has 0 unspecified atom stereocenters. The molecule has 0 aromatic rings. The molecule has 0 atom stereocenters. The van der Waals surface area contributed by atoms with E-state index in [4.69, 9.17) is 11.6 Å². The van der Waals surface area contributed by atoms with Gasteiger partial charge in [0, 0.05) is 17.0 Å². The number of unbranched alkanes of at least 4 members (excludes halogenated alkanes) is 2. The van der Waals surface area contributed by atoms with Crippen LogP contribution in [-0.2, 0) is 4.79 Å². The second-order valence-corrected chi connectivity index (χ2v) is 3.72. The van der Waals surface area contributed by atoms with E-state index in [1.165, 1.54) is 12.8 Å². The number of carbonyl (C=O) groups is 1. The van der Waals surface area contributed by atoms with E-state index in [1.54, 1.807) is 0 Å². The van der Waals surface area contributed by atoms with Crippen LogP contribution in [0.25, 0.3) is 0 Å². The molecule has 1 nitrogen and oxygen atoms in total. The first-order valence-electron chi connectivity index (χ1n) is 4.66. The average molecular weight is 187 g/mol. The number of hydrogen-bond donors (Lipinski definition) is 0. The van der Waals surface area contributed by atoms with Gasteiger partial charge in [0.15, 0.2) is 5.78 Å². The van der Waals surface area contributed by atoms with Gasteiger partial charge in [-0.1, -0.05) is 31.4 Å². The molecule has 0 aliphatic heterocycles. The number of Topliss-reactive ketones (excluding diaryl/α,β-unsaturated/α-hetero) is 1. The van der Waals surface area contributed by atoms with Gasteiger partial charge in [-0.2, -0.15) is 0 Å². The zero-order valence-electron chi connectivity index (χ0n) is 7.53. The molecule has 0 saturated carbocycles. The van der Waals surface area contributed by atoms with E-state index in [-0.39, 0.29) is 5.78 Å². The van der Waals surface area contributed by atoms with Gasteiger partial charge >= 0.3 is 0 Å². The van der Waals surface area contributed by atoms with Crippen LogP contribution in [0.1, 0.15) is 45.4 Å². The lowest BCUT2D eigenvalue weighted by Gasteiger charge is -1.99. The molecule has 0 amide bonds. The fraction of sp³-hybridized carbons (Fsp3) is 0.700. The van der Waals surface area contributed by atoms with Gasteiger partial charge in [0.2, 0.25) is 0 Å². The van der Waals surface area contributed by atoms with E-state index in [2.05, 4.69) is 6.92 Å². The van der Waals surface area contributed by atoms with Crippen LogP contribution in [0.2, 0.25) is 0 Å². The quantitative estimate of drug-likeness (QED) is 0.615. The van der Waals surface area contributed by atoms with Gasteiger partial charge in [-0.15, -0.1) is 0 Å². The lowest BCUT2D eigenvalue weighted by molar-refractivity contribution is -0.115. The zero-order chi connectivity index (χ0) is 8.97. The zero-order valence-corrected chi connectivity index (χ0v) is 8.28. The largest absolute Gasteiger partial charge is 0.294 e. The third-order valence-corrected chi connectivity index (χ3v) is 2.68. The van der Waals surface area contributed by atoms with Gasteiger partial charge in [-0.3, -0.25) is 4.79 Å². The summed E-state index contributed by atoms with van der Waals surface area (Å²) in [6.45, 7) is 2.16. The number of ketones is 1. The average Bonchev–Trinajstić information content (AvgIpc) is 2.35. The summed E-state index contributed by atoms with van der Waals surface area (Å²) >= 11 is 5.91. The fourth-order valence-electron chi connectivity index (χ4n) is 1.50. The van der Waals surface area contributed by atoms with Gasteiger partial charge in [0.1, 0.15) is 0 Å². The van der Waals surface area contributed by atoms with Gasteiger partial charge in [0.25, 0.3) is 0 Å². The summed E-state index contributed by atoms with van der Waals surface area (Å²) in [5, 5.41) is 0.816. The first-order chi connectivity index (χ1) is 5.75. The van der Waals surface area contributed by atoms with Crippen molar-refractivity contribution in [3.63, 3.8) is 0 Å². The normalized spacial score (nSPS) is 17.7. The molecule has 1 aliphatic rings. The maximum atomic E-state index is 11.2. The molecule has 2 heteroatoms. The molecule has 68 valence electrons. The summed E-state index contributed by atoms with van der Waals surface area (Å²) in [5.41, 5.74) is 0.908. The van der Waals surface area contributed by atoms with E-state index in [0.29, 0.717) is 6.42 Å². The standard InChI is InChI=1S/C10H15ClO/c1-2-3-4-5-8-9(11)6-7-10(8)12/h2-7H2,1H3. The Labute approximate surface area is 78.8 Å². The monoisotopic (exact) mass is 186 g/mol. The molecule has 0 spiro atoms. The minimum absolute atomic E-state index is 0.274. The highest BCUT2D eigenvalue weighted by atomic mass is 35.5. The van der Waals surface area contributed by atoms with Gasteiger partial charge in [-0.05, 0) is 19.3 Å². The molecule has 0 aromatic carbocycles. The summed E-state index contributed by atoms with van der Waals surface area (Å²) in [6, 6.07) is 0. The first kappa shape index (κ1) is 9.79. The molecule has 1 aliphatic carbocycles. The molecule has 0 heterocycles. The van der Waals surface area contributed by atoms with Crippen molar-refractivity contribution in [3.05, 3.63) is 10.6 Å². The van der Waals surface area contributed by atoms with Crippen molar-refractivity contribution in [2.45, 2.75) is 45.4 Å². The van der Waals surface area contributed by atoms with E-state index < -0.39 is 0 Å². The van der Waals surface area contributed by atoms with Crippen LogP contribution in [0, 0.1) is 0 Å². The van der Waals surface area contributed by atoms with Crippen molar-refractivity contribution in [1.29, 1.82) is 0 Å². The number of halogens is 1. The fourth-order valence-corrected chi connectivity index (χ4v) is 1.80. The Hall–Kier alpha value is -0.300. The van der Waals surface area contributed by atoms with Crippen LogP contribution < -0.4 is 0 Å². The Bertz CT molecular complexity index is 206. The maximum Gasteiger partial charge on any atom is 0.160 e. The molecule has 12 heavy (non-hydrogen) atoms. The summed E-state index contributed by atoms with van der Waals surface area (Å²) in [5.74, 6) is 0.274. The maximum absolute atomic E-state index is 11.2. The minimum Gasteiger partial charge on any atom is -0.294 e. The van der Waals surface area contributed by atoms with E-state index in [9.17, 15) is 4.79 Å². The predicted octanol–water partition coefficient (Wildman–Crippen LogP) is 3.42. The second-order valence-electron chi connectivity index (χ2n) is 3.26. The lowest BCUT2D eigenvalue weighted by Crippen LogP contribution is -1.95. The van der Waals surface area contributed by atoms with Crippen molar-refractivity contribution in [2.24, 2.45) is 0 Å². The third kappa shape index (κ3) is 2.34. The minimum atomic E-state index is 0.274. The van der Waals surface area contributed by atoms with Crippen LogP contribution in [0.15, 0.2) is 10.6 Å². The van der Waals surface area contributed by atoms with Gasteiger partial charge in [-0.25, -0.2) is 0 Å². The molecule has 0 bridgehead atoms. The molecule has 0 aromatic heterocycles. The molecular weight excluding hydrogens is 172 g/mol. The molecule has 0 saturated heterocycles. The van der Waals surface area contributed by atoms with E-state index in [0.717, 1.165) is 29.9 Å². The second kappa shape index (κ2) is 4.66. The number of rotatable bonds is 4. The summed E-state index contributed by atoms with van der Waals surface area (Å²) < 4.78 is 0. The SMILES string of the molecule is CCCCCC1=C(Cl)CCC1=O. The summed E-state index contributed by atoms with van der Waals surface area (Å²) in [6.07, 6.45) is 5.81. The van der Waals surface area contributed by atoms with Crippen molar-refractivity contribution in [2.75, 3.05) is 0 Å². The lowest BCUT2D eigenvalue weighted by atomic mass is 10.1. The third-order valence-electron chi connectivity index (χ3n) is 2.27. The van der Waals surface area contributed by atoms with Crippen molar-refractivity contribution >= 4 is 17.4 Å². The topological polar surface area (TPSA) is 17.1 Å². The highest BCUT2D eigenvalue weighted by Gasteiger charge is 2.20. The Morgan fingerprint density at radius 2 is 2.08 bits per heavy atom. The van der Waals surface area contributed by atoms with Crippen LogP contribution >= 0.6 is 11.6 Å². The molecule has 0 radical (unpaired) electrons. The molecular formula is C10H15ClO. The van der Waals surface area contributed by atoms with Gasteiger partial charge < -0.3 is 0 Å². The van der Waals surface area contributed by atoms with Crippen LogP contribution in [0.4, 0.5) is 0 Å². The van der Waals surface area contributed by atoms with Gasteiger partial charge in [0.05, 0.1) is 0 Å². The van der Waals surface area contributed by atoms with E-state index >= 15 is 0 Å². The Morgan fingerprint density at radius 1 is 1.33 bits per heavy atom. The smallest absolute Gasteiger partial charge is 0.160 e. The summed E-state index contributed by atoms with van der Waals surface area (Å²) in [7, 11) is 0. The highest BCUT2D eigenvalue weighted by Crippen LogP contribution is 2.29. The van der Waals surface area contributed by atoms with Crippen molar-refractivity contribution in [3.8, 4) is 0 Å². The van der Waals surface area contributed by atoms with E-state index in [1.807, 2.05) is 0 Å². The van der Waals surface area contributed by atoms with Crippen LogP contribution in [0.3, 0.4) is 0 Å². The first-order valence-corrected chi connectivity index (χ1v) is 5.04. The number of hydrogen-bond acceptors (Lipinski definition) is 1. The van der Waals surface area contributed by atoms with Crippen LogP contribution in [0.5, 0.6) is 0 Å². The van der Waals surface area contributed by atoms with Crippen LogP contribution in [-0.4, -0.2) is 5.78 Å². The number of allylic oxidation sites excluding steroid dienone is 2. The molecule has 1 rings (SSSR count).